The third-order valence-electron chi connectivity index (χ3n) is 2.58. The Hall–Kier alpha value is -1.33. The molecule has 0 aliphatic carbocycles. The highest BCUT2D eigenvalue weighted by atomic mass is 79.9. The minimum atomic E-state index is -0.554. The number of nitrogens with zero attached hydrogens (tertiary/aromatic N) is 2. The molecule has 96 valence electrons. The van der Waals surface area contributed by atoms with Crippen molar-refractivity contribution in [2.75, 3.05) is 0 Å². The average Bonchev–Trinajstić information content (AvgIpc) is 2.72. The van der Waals surface area contributed by atoms with Crippen LogP contribution >= 0.6 is 15.9 Å². The van der Waals surface area contributed by atoms with Gasteiger partial charge in [0.2, 0.25) is 0 Å². The standard InChI is InChI=1S/C13H15BrN2O2/c1-9(17)12-4-3-11(14)5-13(12)18-8-10-6-15-16(2)7-10/h3-7,9,17H,8H2,1-2H3. The fourth-order valence-electron chi connectivity index (χ4n) is 1.69. The summed E-state index contributed by atoms with van der Waals surface area (Å²) in [6, 6.07) is 5.60. The van der Waals surface area contributed by atoms with Gasteiger partial charge in [-0.1, -0.05) is 22.0 Å². The topological polar surface area (TPSA) is 47.3 Å². The van der Waals surface area contributed by atoms with Crippen LogP contribution in [0.5, 0.6) is 5.75 Å². The molecule has 4 nitrogen and oxygen atoms in total. The summed E-state index contributed by atoms with van der Waals surface area (Å²) in [6.07, 6.45) is 3.11. The first-order valence-electron chi connectivity index (χ1n) is 5.64. The third kappa shape index (κ3) is 3.11. The van der Waals surface area contributed by atoms with Crippen LogP contribution < -0.4 is 4.74 Å². The second-order valence-corrected chi connectivity index (χ2v) is 5.08. The largest absolute Gasteiger partial charge is 0.488 e. The van der Waals surface area contributed by atoms with Crippen molar-refractivity contribution in [3.8, 4) is 5.75 Å². The zero-order valence-electron chi connectivity index (χ0n) is 10.3. The Kier molecular flexibility index (Phi) is 4.04. The van der Waals surface area contributed by atoms with Crippen LogP contribution in [0.25, 0.3) is 0 Å². The molecule has 1 aromatic heterocycles. The molecule has 5 heteroatoms. The van der Waals surface area contributed by atoms with Crippen LogP contribution in [0.3, 0.4) is 0 Å². The van der Waals surface area contributed by atoms with Crippen molar-refractivity contribution < 1.29 is 9.84 Å². The molecule has 0 amide bonds. The quantitative estimate of drug-likeness (QED) is 0.944. The van der Waals surface area contributed by atoms with E-state index >= 15 is 0 Å². The average molecular weight is 311 g/mol. The maximum atomic E-state index is 9.68. The Morgan fingerprint density at radius 1 is 1.50 bits per heavy atom. The lowest BCUT2D eigenvalue weighted by Crippen LogP contribution is -2.00. The maximum absolute atomic E-state index is 9.68. The summed E-state index contributed by atoms with van der Waals surface area (Å²) in [5, 5.41) is 13.8. The number of aliphatic hydroxyl groups is 1. The van der Waals surface area contributed by atoms with Crippen molar-refractivity contribution in [1.29, 1.82) is 0 Å². The van der Waals surface area contributed by atoms with E-state index in [1.165, 1.54) is 0 Å². The number of hydrogen-bond acceptors (Lipinski definition) is 3. The van der Waals surface area contributed by atoms with Gasteiger partial charge in [0.25, 0.3) is 0 Å². The van der Waals surface area contributed by atoms with E-state index in [9.17, 15) is 5.11 Å². The number of ether oxygens (including phenoxy) is 1. The van der Waals surface area contributed by atoms with Gasteiger partial charge in [-0.25, -0.2) is 0 Å². The van der Waals surface area contributed by atoms with E-state index in [1.54, 1.807) is 17.8 Å². The van der Waals surface area contributed by atoms with Gasteiger partial charge < -0.3 is 9.84 Å². The molecule has 1 aromatic carbocycles. The van der Waals surface area contributed by atoms with Gasteiger partial charge in [-0.15, -0.1) is 0 Å². The first-order chi connectivity index (χ1) is 8.56. The van der Waals surface area contributed by atoms with Crippen molar-refractivity contribution >= 4 is 15.9 Å². The monoisotopic (exact) mass is 310 g/mol. The molecular formula is C13H15BrN2O2. The lowest BCUT2D eigenvalue weighted by molar-refractivity contribution is 0.190. The highest BCUT2D eigenvalue weighted by molar-refractivity contribution is 9.10. The molecular weight excluding hydrogens is 296 g/mol. The van der Waals surface area contributed by atoms with Crippen LogP contribution in [-0.4, -0.2) is 14.9 Å². The van der Waals surface area contributed by atoms with E-state index in [4.69, 9.17) is 4.74 Å². The highest BCUT2D eigenvalue weighted by Gasteiger charge is 2.10. The van der Waals surface area contributed by atoms with Gasteiger partial charge in [-0.2, -0.15) is 5.10 Å². The number of halogens is 1. The Morgan fingerprint density at radius 3 is 2.89 bits per heavy atom. The summed E-state index contributed by atoms with van der Waals surface area (Å²) in [7, 11) is 1.86. The van der Waals surface area contributed by atoms with Gasteiger partial charge in [-0.3, -0.25) is 4.68 Å². The van der Waals surface area contributed by atoms with E-state index in [0.717, 1.165) is 15.6 Å². The second kappa shape index (κ2) is 5.54. The third-order valence-corrected chi connectivity index (χ3v) is 3.07. The van der Waals surface area contributed by atoms with E-state index < -0.39 is 6.10 Å². The van der Waals surface area contributed by atoms with Crippen LogP contribution in [-0.2, 0) is 13.7 Å². The van der Waals surface area contributed by atoms with Crippen molar-refractivity contribution in [2.45, 2.75) is 19.6 Å². The van der Waals surface area contributed by atoms with Crippen LogP contribution in [0.15, 0.2) is 35.1 Å². The molecule has 0 bridgehead atoms. The normalized spacial score (nSPS) is 12.4. The molecule has 18 heavy (non-hydrogen) atoms. The molecule has 2 rings (SSSR count). The number of aliphatic hydroxyl groups excluding tert-OH is 1. The van der Waals surface area contributed by atoms with Gasteiger partial charge in [0.1, 0.15) is 12.4 Å². The molecule has 0 saturated heterocycles. The van der Waals surface area contributed by atoms with Gasteiger partial charge >= 0.3 is 0 Å². The minimum Gasteiger partial charge on any atom is -0.488 e. The van der Waals surface area contributed by atoms with Gasteiger partial charge in [0, 0.05) is 28.8 Å². The van der Waals surface area contributed by atoms with Crippen molar-refractivity contribution in [1.82, 2.24) is 9.78 Å². The zero-order valence-corrected chi connectivity index (χ0v) is 11.9. The molecule has 1 atom stereocenters. The minimum absolute atomic E-state index is 0.435. The number of benzene rings is 1. The SMILES string of the molecule is CC(O)c1ccc(Br)cc1OCc1cnn(C)c1. The number of aromatic nitrogens is 2. The molecule has 1 heterocycles. The van der Waals surface area contributed by atoms with E-state index in [0.29, 0.717) is 12.4 Å². The fraction of sp³-hybridized carbons (Fsp3) is 0.308. The predicted octanol–water partition coefficient (Wildman–Crippen LogP) is 2.81. The molecule has 0 aliphatic rings. The zero-order chi connectivity index (χ0) is 13.1. The van der Waals surface area contributed by atoms with E-state index in [1.807, 2.05) is 31.4 Å². The Labute approximate surface area is 114 Å². The smallest absolute Gasteiger partial charge is 0.126 e. The first-order valence-corrected chi connectivity index (χ1v) is 6.43. The fourth-order valence-corrected chi connectivity index (χ4v) is 2.03. The van der Waals surface area contributed by atoms with Crippen molar-refractivity contribution in [3.05, 3.63) is 46.2 Å². The van der Waals surface area contributed by atoms with Gasteiger partial charge in [-0.05, 0) is 19.1 Å². The van der Waals surface area contributed by atoms with Crippen LogP contribution in [0.2, 0.25) is 0 Å². The summed E-state index contributed by atoms with van der Waals surface area (Å²) >= 11 is 3.40. The summed E-state index contributed by atoms with van der Waals surface area (Å²) in [6.45, 7) is 2.16. The van der Waals surface area contributed by atoms with Crippen LogP contribution in [0.4, 0.5) is 0 Å². The number of aryl methyl sites for hydroxylation is 1. The Morgan fingerprint density at radius 2 is 2.28 bits per heavy atom. The van der Waals surface area contributed by atoms with Crippen molar-refractivity contribution in [3.63, 3.8) is 0 Å². The summed E-state index contributed by atoms with van der Waals surface area (Å²) < 4.78 is 8.39. The van der Waals surface area contributed by atoms with E-state index in [2.05, 4.69) is 21.0 Å². The molecule has 0 saturated carbocycles. The molecule has 1 N–H and O–H groups in total. The van der Waals surface area contributed by atoms with Crippen LogP contribution in [0, 0.1) is 0 Å². The molecule has 2 aromatic rings. The molecule has 0 aliphatic heterocycles. The van der Waals surface area contributed by atoms with Gasteiger partial charge in [0.05, 0.1) is 12.3 Å². The number of rotatable bonds is 4. The lowest BCUT2D eigenvalue weighted by Gasteiger charge is -2.13. The molecule has 1 unspecified atom stereocenters. The van der Waals surface area contributed by atoms with Gasteiger partial charge in [0.15, 0.2) is 0 Å². The predicted molar refractivity (Wildman–Crippen MR) is 72.3 cm³/mol. The highest BCUT2D eigenvalue weighted by Crippen LogP contribution is 2.29. The number of hydrogen-bond donors (Lipinski definition) is 1. The molecule has 0 spiro atoms. The maximum Gasteiger partial charge on any atom is 0.126 e. The van der Waals surface area contributed by atoms with Crippen LogP contribution in [0.1, 0.15) is 24.2 Å². The molecule has 0 fully saturated rings. The molecule has 0 radical (unpaired) electrons. The lowest BCUT2D eigenvalue weighted by atomic mass is 10.1. The second-order valence-electron chi connectivity index (χ2n) is 4.17. The van der Waals surface area contributed by atoms with Crippen molar-refractivity contribution in [2.24, 2.45) is 7.05 Å². The summed E-state index contributed by atoms with van der Waals surface area (Å²) in [5.74, 6) is 0.684. The summed E-state index contributed by atoms with van der Waals surface area (Å²) in [4.78, 5) is 0. The summed E-state index contributed by atoms with van der Waals surface area (Å²) in [5.41, 5.74) is 1.77. The Bertz CT molecular complexity index is 538. The first kappa shape index (κ1) is 13.1. The van der Waals surface area contributed by atoms with E-state index in [-0.39, 0.29) is 0 Å². The Balaban J connectivity index is 2.15.